The molecule has 0 atom stereocenters. The van der Waals surface area contributed by atoms with Crippen molar-refractivity contribution in [3.8, 4) is 17.7 Å². The van der Waals surface area contributed by atoms with Gasteiger partial charge in [0.1, 0.15) is 5.75 Å². The molecule has 148 valence electrons. The van der Waals surface area contributed by atoms with Gasteiger partial charge in [-0.15, -0.1) is 3.71 Å². The van der Waals surface area contributed by atoms with E-state index in [1.807, 2.05) is 0 Å². The van der Waals surface area contributed by atoms with Crippen molar-refractivity contribution in [1.29, 1.82) is 0 Å². The lowest BCUT2D eigenvalue weighted by atomic mass is 10.2. The molecule has 3 aromatic carbocycles. The summed E-state index contributed by atoms with van der Waals surface area (Å²) in [5, 5.41) is 0. The van der Waals surface area contributed by atoms with Crippen molar-refractivity contribution in [2.45, 2.75) is 9.79 Å². The molecule has 0 N–H and O–H groups in total. The molecule has 3 aromatic rings. The molecular formula is C21H17NO5S2. The molecule has 0 radical (unpaired) electrons. The number of methoxy groups -OCH3 is 1. The summed E-state index contributed by atoms with van der Waals surface area (Å²) in [7, 11) is -7.37. The highest BCUT2D eigenvalue weighted by Gasteiger charge is 2.34. The summed E-state index contributed by atoms with van der Waals surface area (Å²) in [5.74, 6) is 3.21. The minimum atomic E-state index is -4.44. The molecule has 3 rings (SSSR count). The minimum absolute atomic E-state index is 0.177. The largest absolute Gasteiger partial charge is 0.497 e. The van der Waals surface area contributed by atoms with Gasteiger partial charge in [0.05, 0.1) is 16.9 Å². The van der Waals surface area contributed by atoms with Crippen LogP contribution in [-0.2, 0) is 20.0 Å². The zero-order valence-electron chi connectivity index (χ0n) is 15.4. The lowest BCUT2D eigenvalue weighted by Crippen LogP contribution is -2.33. The number of ether oxygens (including phenoxy) is 1. The Morgan fingerprint density at radius 3 is 1.55 bits per heavy atom. The maximum atomic E-state index is 13.1. The van der Waals surface area contributed by atoms with Gasteiger partial charge in [-0.3, -0.25) is 0 Å². The summed E-state index contributed by atoms with van der Waals surface area (Å²) >= 11 is 0. The number of benzene rings is 3. The van der Waals surface area contributed by atoms with Gasteiger partial charge in [-0.25, -0.2) is 0 Å². The van der Waals surface area contributed by atoms with Crippen LogP contribution < -0.4 is 4.74 Å². The van der Waals surface area contributed by atoms with Crippen LogP contribution in [0.1, 0.15) is 5.56 Å². The van der Waals surface area contributed by atoms with E-state index in [1.165, 1.54) is 55.6 Å². The van der Waals surface area contributed by atoms with E-state index < -0.39 is 20.0 Å². The first-order chi connectivity index (χ1) is 13.9. The predicted octanol–water partition coefficient (Wildman–Crippen LogP) is 3.08. The molecule has 0 bridgehead atoms. The molecule has 0 aliphatic carbocycles. The van der Waals surface area contributed by atoms with E-state index in [2.05, 4.69) is 12.0 Å². The van der Waals surface area contributed by atoms with Gasteiger partial charge >= 0.3 is 0 Å². The second-order valence-electron chi connectivity index (χ2n) is 5.80. The third-order valence-electron chi connectivity index (χ3n) is 3.90. The van der Waals surface area contributed by atoms with Crippen molar-refractivity contribution < 1.29 is 21.6 Å². The van der Waals surface area contributed by atoms with E-state index in [0.717, 1.165) is 0 Å². The van der Waals surface area contributed by atoms with E-state index in [-0.39, 0.29) is 13.5 Å². The smallest absolute Gasteiger partial charge is 0.284 e. The van der Waals surface area contributed by atoms with Crippen LogP contribution in [0.15, 0.2) is 94.7 Å². The maximum absolute atomic E-state index is 13.1. The zero-order chi connectivity index (χ0) is 20.9. The summed E-state index contributed by atoms with van der Waals surface area (Å²) in [5.41, 5.74) is 0.433. The van der Waals surface area contributed by atoms with Crippen LogP contribution in [0.3, 0.4) is 0 Å². The first-order valence-electron chi connectivity index (χ1n) is 8.42. The van der Waals surface area contributed by atoms with Gasteiger partial charge < -0.3 is 4.74 Å². The molecule has 0 amide bonds. The van der Waals surface area contributed by atoms with Crippen LogP contribution >= 0.6 is 0 Å². The van der Waals surface area contributed by atoms with Gasteiger partial charge in [-0.1, -0.05) is 36.4 Å². The van der Waals surface area contributed by atoms with Crippen LogP contribution in [0.2, 0.25) is 0 Å². The molecule has 0 aromatic heterocycles. The van der Waals surface area contributed by atoms with Crippen molar-refractivity contribution in [2.75, 3.05) is 7.11 Å². The number of nitrogens with zero attached hydrogens (tertiary/aromatic N) is 1. The molecule has 8 heteroatoms. The minimum Gasteiger partial charge on any atom is -0.497 e. The van der Waals surface area contributed by atoms with Crippen LogP contribution in [0.5, 0.6) is 5.75 Å². The van der Waals surface area contributed by atoms with Crippen molar-refractivity contribution in [3.05, 3.63) is 90.5 Å². The molecule has 6 nitrogen and oxygen atoms in total. The van der Waals surface area contributed by atoms with Crippen LogP contribution in [0, 0.1) is 12.0 Å². The monoisotopic (exact) mass is 427 g/mol. The molecule has 0 aliphatic rings. The Hall–Kier alpha value is -3.28. The van der Waals surface area contributed by atoms with Gasteiger partial charge in [0.15, 0.2) is 0 Å². The predicted molar refractivity (Wildman–Crippen MR) is 109 cm³/mol. The second kappa shape index (κ2) is 8.39. The van der Waals surface area contributed by atoms with E-state index in [0.29, 0.717) is 11.3 Å². The molecule has 0 heterocycles. The van der Waals surface area contributed by atoms with Gasteiger partial charge in [-0.05, 0) is 54.5 Å². The Balaban J connectivity index is 2.14. The SMILES string of the molecule is COc1ccc(C#CN(S(=O)(=O)c2ccccc2)S(=O)(=O)c2ccccc2)cc1. The maximum Gasteiger partial charge on any atom is 0.284 e. The molecular weight excluding hydrogens is 410 g/mol. The van der Waals surface area contributed by atoms with Gasteiger partial charge in [0.2, 0.25) is 0 Å². The lowest BCUT2D eigenvalue weighted by Gasteiger charge is -2.18. The van der Waals surface area contributed by atoms with Crippen molar-refractivity contribution in [1.82, 2.24) is 3.71 Å². The highest BCUT2D eigenvalue weighted by atomic mass is 32.3. The number of hydrogen-bond acceptors (Lipinski definition) is 5. The molecule has 0 saturated carbocycles. The fourth-order valence-corrected chi connectivity index (χ4v) is 5.68. The Labute approximate surface area is 170 Å². The highest BCUT2D eigenvalue weighted by Crippen LogP contribution is 2.23. The van der Waals surface area contributed by atoms with Crippen LogP contribution in [-0.4, -0.2) is 27.7 Å². The van der Waals surface area contributed by atoms with E-state index in [1.54, 1.807) is 36.4 Å². The third-order valence-corrected chi connectivity index (χ3v) is 7.87. The normalized spacial score (nSPS) is 11.2. The topological polar surface area (TPSA) is 80.8 Å². The molecule has 0 aliphatic heterocycles. The lowest BCUT2D eigenvalue weighted by molar-refractivity contribution is 0.415. The van der Waals surface area contributed by atoms with Crippen LogP contribution in [0.4, 0.5) is 0 Å². The highest BCUT2D eigenvalue weighted by molar-refractivity contribution is 8.04. The van der Waals surface area contributed by atoms with E-state index in [9.17, 15) is 16.8 Å². The summed E-state index contributed by atoms with van der Waals surface area (Å²) in [6, 6.07) is 23.4. The molecule has 29 heavy (non-hydrogen) atoms. The fraction of sp³-hybridized carbons (Fsp3) is 0.0476. The summed E-state index contributed by atoms with van der Waals surface area (Å²) in [6.45, 7) is 0. The third kappa shape index (κ3) is 4.42. The Kier molecular flexibility index (Phi) is 5.92. The molecule has 0 saturated heterocycles. The van der Waals surface area contributed by atoms with Crippen molar-refractivity contribution >= 4 is 20.0 Å². The number of hydrogen-bond donors (Lipinski definition) is 0. The van der Waals surface area contributed by atoms with Gasteiger partial charge in [0, 0.05) is 11.6 Å². The summed E-state index contributed by atoms with van der Waals surface area (Å²) < 4.78 is 57.7. The quantitative estimate of drug-likeness (QED) is 0.462. The average Bonchev–Trinajstić information content (AvgIpc) is 2.75. The van der Waals surface area contributed by atoms with Crippen LogP contribution in [0.25, 0.3) is 0 Å². The Bertz CT molecular complexity index is 1170. The molecule has 0 fully saturated rings. The van der Waals surface area contributed by atoms with E-state index in [4.69, 9.17) is 4.74 Å². The zero-order valence-corrected chi connectivity index (χ0v) is 17.0. The summed E-state index contributed by atoms with van der Waals surface area (Å²) in [6.07, 6.45) is 0. The Morgan fingerprint density at radius 2 is 1.14 bits per heavy atom. The van der Waals surface area contributed by atoms with E-state index >= 15 is 0 Å². The van der Waals surface area contributed by atoms with Crippen molar-refractivity contribution in [2.24, 2.45) is 0 Å². The molecule has 0 spiro atoms. The van der Waals surface area contributed by atoms with Crippen molar-refractivity contribution in [3.63, 3.8) is 0 Å². The second-order valence-corrected chi connectivity index (χ2v) is 9.60. The average molecular weight is 428 g/mol. The fourth-order valence-electron chi connectivity index (χ4n) is 2.41. The number of sulfonamides is 2. The standard InChI is InChI=1S/C21H17NO5S2/c1-27-19-14-12-18(13-15-19)16-17-22(28(23,24)20-8-4-2-5-9-20)29(25,26)21-10-6-3-7-11-21/h2-15H,1H3. The first-order valence-corrected chi connectivity index (χ1v) is 11.3. The first kappa shape index (κ1) is 20.5. The molecule has 0 unspecified atom stereocenters. The number of rotatable bonds is 5. The summed E-state index contributed by atoms with van der Waals surface area (Å²) in [4.78, 5) is -0.355. The Morgan fingerprint density at radius 1 is 0.690 bits per heavy atom. The van der Waals surface area contributed by atoms with Gasteiger partial charge in [0.25, 0.3) is 20.0 Å². The van der Waals surface area contributed by atoms with Gasteiger partial charge in [-0.2, -0.15) is 16.8 Å².